The molecule has 4 rings (SSSR count). The predicted molar refractivity (Wildman–Crippen MR) is 106 cm³/mol. The maximum absolute atomic E-state index is 12.9. The SMILES string of the molecule is Oc1nc(Nc2cc(C(F)(F)F)ccc2Cl)sc1C=C1C=Nc2ccccc21. The molecule has 0 spiro atoms. The van der Waals surface area contributed by atoms with Crippen molar-refractivity contribution in [1.29, 1.82) is 0 Å². The van der Waals surface area contributed by atoms with Gasteiger partial charge in [0.25, 0.3) is 0 Å². The number of alkyl halides is 3. The average molecular weight is 422 g/mol. The van der Waals surface area contributed by atoms with Crippen molar-refractivity contribution in [3.63, 3.8) is 0 Å². The zero-order chi connectivity index (χ0) is 19.9. The number of hydrogen-bond donors (Lipinski definition) is 2. The zero-order valence-electron chi connectivity index (χ0n) is 14.0. The van der Waals surface area contributed by atoms with Crippen LogP contribution in [-0.2, 0) is 6.18 Å². The van der Waals surface area contributed by atoms with Gasteiger partial charge in [-0.2, -0.15) is 18.2 Å². The topological polar surface area (TPSA) is 57.5 Å². The number of halogens is 4. The van der Waals surface area contributed by atoms with Crippen LogP contribution in [0.5, 0.6) is 5.88 Å². The Balaban J connectivity index is 1.63. The Bertz CT molecular complexity index is 1120. The monoisotopic (exact) mass is 421 g/mol. The van der Waals surface area contributed by atoms with Crippen LogP contribution >= 0.6 is 22.9 Å². The van der Waals surface area contributed by atoms with E-state index < -0.39 is 11.7 Å². The summed E-state index contributed by atoms with van der Waals surface area (Å²) >= 11 is 7.08. The van der Waals surface area contributed by atoms with Gasteiger partial charge in [0.1, 0.15) is 0 Å². The first kappa shape index (κ1) is 18.5. The van der Waals surface area contributed by atoms with Gasteiger partial charge in [-0.05, 0) is 30.3 Å². The second-order valence-electron chi connectivity index (χ2n) is 5.90. The van der Waals surface area contributed by atoms with Gasteiger partial charge in [0.15, 0.2) is 5.13 Å². The number of hydrogen-bond acceptors (Lipinski definition) is 5. The molecule has 2 aromatic carbocycles. The van der Waals surface area contributed by atoms with Gasteiger partial charge < -0.3 is 10.4 Å². The Labute approximate surface area is 166 Å². The van der Waals surface area contributed by atoms with Crippen LogP contribution in [-0.4, -0.2) is 16.3 Å². The van der Waals surface area contributed by atoms with E-state index in [1.807, 2.05) is 24.3 Å². The lowest BCUT2D eigenvalue weighted by molar-refractivity contribution is -0.137. The molecular weight excluding hydrogens is 411 g/mol. The van der Waals surface area contributed by atoms with Crippen molar-refractivity contribution in [2.45, 2.75) is 6.18 Å². The number of aromatic nitrogens is 1. The molecule has 1 aliphatic rings. The highest BCUT2D eigenvalue weighted by molar-refractivity contribution is 7.16. The van der Waals surface area contributed by atoms with E-state index >= 15 is 0 Å². The predicted octanol–water partition coefficient (Wildman–Crippen LogP) is 6.52. The number of aromatic hydroxyl groups is 1. The van der Waals surface area contributed by atoms with Gasteiger partial charge in [-0.15, -0.1) is 0 Å². The Hall–Kier alpha value is -2.84. The summed E-state index contributed by atoms with van der Waals surface area (Å²) in [6, 6.07) is 10.5. The summed E-state index contributed by atoms with van der Waals surface area (Å²) in [6.07, 6.45) is -1.08. The Kier molecular flexibility index (Phi) is 4.60. The summed E-state index contributed by atoms with van der Waals surface area (Å²) in [5.41, 5.74) is 1.77. The van der Waals surface area contributed by atoms with Crippen molar-refractivity contribution in [1.82, 2.24) is 4.98 Å². The highest BCUT2D eigenvalue weighted by Gasteiger charge is 2.31. The van der Waals surface area contributed by atoms with Gasteiger partial charge in [-0.25, -0.2) is 0 Å². The molecule has 142 valence electrons. The molecule has 2 N–H and O–H groups in total. The normalized spacial score (nSPS) is 14.5. The van der Waals surface area contributed by atoms with Crippen molar-refractivity contribution < 1.29 is 18.3 Å². The molecule has 2 heterocycles. The summed E-state index contributed by atoms with van der Waals surface area (Å²) < 4.78 is 38.7. The smallest absolute Gasteiger partial charge is 0.416 e. The molecule has 0 saturated carbocycles. The van der Waals surface area contributed by atoms with E-state index in [4.69, 9.17) is 11.6 Å². The van der Waals surface area contributed by atoms with Gasteiger partial charge >= 0.3 is 6.18 Å². The van der Waals surface area contributed by atoms with Crippen LogP contribution in [0.3, 0.4) is 0 Å². The van der Waals surface area contributed by atoms with Crippen LogP contribution in [0.25, 0.3) is 11.6 Å². The summed E-state index contributed by atoms with van der Waals surface area (Å²) in [6.45, 7) is 0. The minimum atomic E-state index is -4.49. The summed E-state index contributed by atoms with van der Waals surface area (Å²) in [7, 11) is 0. The molecule has 0 aliphatic carbocycles. The first-order chi connectivity index (χ1) is 13.3. The number of rotatable bonds is 3. The minimum absolute atomic E-state index is 0.0530. The van der Waals surface area contributed by atoms with Crippen LogP contribution in [0, 0.1) is 0 Å². The van der Waals surface area contributed by atoms with Crippen LogP contribution in [0.15, 0.2) is 47.5 Å². The molecule has 4 nitrogen and oxygen atoms in total. The molecule has 0 atom stereocenters. The highest BCUT2D eigenvalue weighted by atomic mass is 35.5. The Morgan fingerprint density at radius 3 is 2.71 bits per heavy atom. The third kappa shape index (κ3) is 3.61. The van der Waals surface area contributed by atoms with E-state index in [1.54, 1.807) is 12.3 Å². The van der Waals surface area contributed by atoms with E-state index in [9.17, 15) is 18.3 Å². The number of para-hydroxylation sites is 1. The van der Waals surface area contributed by atoms with E-state index in [0.29, 0.717) is 4.88 Å². The second-order valence-corrected chi connectivity index (χ2v) is 7.34. The molecule has 3 aromatic rings. The van der Waals surface area contributed by atoms with Gasteiger partial charge in [-0.3, -0.25) is 4.99 Å². The average Bonchev–Trinajstić information content (AvgIpc) is 3.20. The van der Waals surface area contributed by atoms with Gasteiger partial charge in [0.2, 0.25) is 5.88 Å². The quantitative estimate of drug-likeness (QED) is 0.506. The van der Waals surface area contributed by atoms with E-state index in [-0.39, 0.29) is 21.7 Å². The van der Waals surface area contributed by atoms with Gasteiger partial charge in [0, 0.05) is 17.4 Å². The number of benzene rings is 2. The van der Waals surface area contributed by atoms with Crippen molar-refractivity contribution in [2.24, 2.45) is 4.99 Å². The van der Waals surface area contributed by atoms with Gasteiger partial charge in [0.05, 0.1) is 26.8 Å². The standard InChI is InChI=1S/C19H11ClF3N3OS/c20-13-6-5-11(19(21,22)23)8-15(13)25-18-26-17(27)16(28-18)7-10-9-24-14-4-2-1-3-12(10)14/h1-9,27H,(H,25,26). The molecule has 0 radical (unpaired) electrons. The molecule has 0 amide bonds. The fraction of sp³-hybridized carbons (Fsp3) is 0.0526. The fourth-order valence-corrected chi connectivity index (χ4v) is 3.67. The maximum Gasteiger partial charge on any atom is 0.416 e. The molecule has 1 aliphatic heterocycles. The number of nitrogens with zero attached hydrogens (tertiary/aromatic N) is 2. The number of nitrogens with one attached hydrogen (secondary N) is 1. The summed E-state index contributed by atoms with van der Waals surface area (Å²) in [4.78, 5) is 8.71. The molecule has 0 saturated heterocycles. The number of allylic oxidation sites excluding steroid dienone is 1. The first-order valence-corrected chi connectivity index (χ1v) is 9.19. The molecular formula is C19H11ClF3N3OS. The molecule has 1 aromatic heterocycles. The largest absolute Gasteiger partial charge is 0.492 e. The zero-order valence-corrected chi connectivity index (χ0v) is 15.5. The van der Waals surface area contributed by atoms with Crippen LogP contribution < -0.4 is 5.32 Å². The van der Waals surface area contributed by atoms with Crippen molar-refractivity contribution >= 4 is 57.3 Å². The lowest BCUT2D eigenvalue weighted by Gasteiger charge is -2.10. The molecule has 9 heteroatoms. The minimum Gasteiger partial charge on any atom is -0.492 e. The van der Waals surface area contributed by atoms with E-state index in [0.717, 1.165) is 46.4 Å². The molecule has 0 bridgehead atoms. The third-order valence-corrected chi connectivity index (χ3v) is 5.25. The number of fused-ring (bicyclic) bond motifs is 1. The second kappa shape index (κ2) is 6.96. The lowest BCUT2D eigenvalue weighted by atomic mass is 10.1. The van der Waals surface area contributed by atoms with Crippen molar-refractivity contribution in [3.05, 3.63) is 63.5 Å². The maximum atomic E-state index is 12.9. The number of aliphatic imine (C=N–C) groups is 1. The van der Waals surface area contributed by atoms with E-state index in [1.165, 1.54) is 0 Å². The van der Waals surface area contributed by atoms with Crippen LogP contribution in [0.2, 0.25) is 5.02 Å². The fourth-order valence-electron chi connectivity index (χ4n) is 2.68. The van der Waals surface area contributed by atoms with Crippen LogP contribution in [0.4, 0.5) is 29.7 Å². The molecule has 0 unspecified atom stereocenters. The Morgan fingerprint density at radius 1 is 1.14 bits per heavy atom. The number of thiazole rings is 1. The first-order valence-electron chi connectivity index (χ1n) is 8.00. The van der Waals surface area contributed by atoms with E-state index in [2.05, 4.69) is 15.3 Å². The molecule has 0 fully saturated rings. The molecule has 28 heavy (non-hydrogen) atoms. The lowest BCUT2D eigenvalue weighted by Crippen LogP contribution is -2.05. The van der Waals surface area contributed by atoms with Crippen molar-refractivity contribution in [3.8, 4) is 5.88 Å². The summed E-state index contributed by atoms with van der Waals surface area (Å²) in [5, 5.41) is 13.2. The summed E-state index contributed by atoms with van der Waals surface area (Å²) in [5.74, 6) is -0.235. The number of anilines is 2. The third-order valence-electron chi connectivity index (χ3n) is 4.01. The van der Waals surface area contributed by atoms with Gasteiger partial charge in [-0.1, -0.05) is 41.1 Å². The Morgan fingerprint density at radius 2 is 1.93 bits per heavy atom. The highest BCUT2D eigenvalue weighted by Crippen LogP contribution is 2.39. The van der Waals surface area contributed by atoms with Crippen molar-refractivity contribution in [2.75, 3.05) is 5.32 Å². The van der Waals surface area contributed by atoms with Crippen LogP contribution in [0.1, 0.15) is 16.0 Å².